The SMILES string of the molecule is NC(=O)c1ccccc1N1C(=O)CC(c2c(F)cccc2Cl)C2=C1CCCC2=O. The molecule has 7 heteroatoms. The van der Waals surface area contributed by atoms with Crippen molar-refractivity contribution in [1.29, 1.82) is 0 Å². The Balaban J connectivity index is 1.94. The predicted octanol–water partition coefficient (Wildman–Crippen LogP) is 4.11. The number of allylic oxidation sites excluding steroid dienone is 2. The highest BCUT2D eigenvalue weighted by molar-refractivity contribution is 6.31. The molecule has 2 amide bonds. The van der Waals surface area contributed by atoms with Crippen molar-refractivity contribution in [2.45, 2.75) is 31.6 Å². The Labute approximate surface area is 171 Å². The lowest BCUT2D eigenvalue weighted by atomic mass is 9.77. The summed E-state index contributed by atoms with van der Waals surface area (Å²) in [6.45, 7) is 0. The van der Waals surface area contributed by atoms with Crippen LogP contribution in [0.1, 0.15) is 47.5 Å². The van der Waals surface area contributed by atoms with Gasteiger partial charge in [0.1, 0.15) is 5.82 Å². The second kappa shape index (κ2) is 7.44. The fraction of sp³-hybridized carbons (Fsp3) is 0.227. The van der Waals surface area contributed by atoms with Crippen LogP contribution in [0.5, 0.6) is 0 Å². The zero-order valence-corrected chi connectivity index (χ0v) is 16.2. The maximum absolute atomic E-state index is 14.6. The van der Waals surface area contributed by atoms with Crippen molar-refractivity contribution >= 4 is 34.9 Å². The van der Waals surface area contributed by atoms with E-state index < -0.39 is 17.6 Å². The molecular weight excluding hydrogens is 395 g/mol. The molecule has 1 atom stereocenters. The van der Waals surface area contributed by atoms with Gasteiger partial charge in [0.25, 0.3) is 5.91 Å². The minimum Gasteiger partial charge on any atom is -0.366 e. The van der Waals surface area contributed by atoms with Crippen LogP contribution in [-0.4, -0.2) is 17.6 Å². The Hall–Kier alpha value is -2.99. The Bertz CT molecular complexity index is 1060. The number of benzene rings is 2. The average Bonchev–Trinajstić information content (AvgIpc) is 2.68. The van der Waals surface area contributed by atoms with E-state index in [1.807, 2.05) is 0 Å². The van der Waals surface area contributed by atoms with E-state index in [9.17, 15) is 18.8 Å². The second-order valence-corrected chi connectivity index (χ2v) is 7.55. The number of Topliss-reactive ketones (excluding diaryl/α,β-unsaturated/α-hetero) is 1. The normalized spacial score (nSPS) is 19.4. The van der Waals surface area contributed by atoms with E-state index >= 15 is 0 Å². The molecule has 2 aromatic carbocycles. The van der Waals surface area contributed by atoms with Gasteiger partial charge in [-0.05, 0) is 37.1 Å². The number of halogens is 2. The third-order valence-corrected chi connectivity index (χ3v) is 5.76. The number of carbonyl (C=O) groups is 3. The number of rotatable bonds is 3. The Morgan fingerprint density at radius 3 is 2.59 bits per heavy atom. The minimum absolute atomic E-state index is 0.127. The molecule has 0 aromatic heterocycles. The Morgan fingerprint density at radius 1 is 1.10 bits per heavy atom. The van der Waals surface area contributed by atoms with Crippen molar-refractivity contribution in [2.24, 2.45) is 5.73 Å². The van der Waals surface area contributed by atoms with E-state index in [1.165, 1.54) is 23.1 Å². The van der Waals surface area contributed by atoms with Crippen LogP contribution in [0.15, 0.2) is 53.7 Å². The Morgan fingerprint density at radius 2 is 1.86 bits per heavy atom. The largest absolute Gasteiger partial charge is 0.366 e. The van der Waals surface area contributed by atoms with Crippen LogP contribution in [0.25, 0.3) is 0 Å². The molecule has 0 fully saturated rings. The highest BCUT2D eigenvalue weighted by atomic mass is 35.5. The molecule has 0 saturated heterocycles. The van der Waals surface area contributed by atoms with Gasteiger partial charge in [-0.1, -0.05) is 29.8 Å². The summed E-state index contributed by atoms with van der Waals surface area (Å²) in [5, 5.41) is 0.180. The van der Waals surface area contributed by atoms with Gasteiger partial charge in [0.05, 0.1) is 11.3 Å². The number of carbonyl (C=O) groups excluding carboxylic acids is 3. The van der Waals surface area contributed by atoms with Crippen molar-refractivity contribution in [1.82, 2.24) is 0 Å². The van der Waals surface area contributed by atoms with Crippen LogP contribution in [0.3, 0.4) is 0 Å². The van der Waals surface area contributed by atoms with Gasteiger partial charge < -0.3 is 5.73 Å². The van der Waals surface area contributed by atoms with Crippen LogP contribution < -0.4 is 10.6 Å². The summed E-state index contributed by atoms with van der Waals surface area (Å²) in [6, 6.07) is 10.8. The van der Waals surface area contributed by atoms with Crippen molar-refractivity contribution < 1.29 is 18.8 Å². The van der Waals surface area contributed by atoms with E-state index in [1.54, 1.807) is 24.3 Å². The minimum atomic E-state index is -0.754. The zero-order valence-electron chi connectivity index (χ0n) is 15.5. The van der Waals surface area contributed by atoms with Crippen molar-refractivity contribution in [3.8, 4) is 0 Å². The van der Waals surface area contributed by atoms with Crippen molar-refractivity contribution in [3.05, 3.63) is 75.7 Å². The number of primary amides is 1. The van der Waals surface area contributed by atoms with Gasteiger partial charge in [-0.3, -0.25) is 19.3 Å². The van der Waals surface area contributed by atoms with Crippen LogP contribution in [-0.2, 0) is 9.59 Å². The molecule has 29 heavy (non-hydrogen) atoms. The maximum Gasteiger partial charge on any atom is 0.250 e. The van der Waals surface area contributed by atoms with E-state index in [0.717, 1.165) is 0 Å². The van der Waals surface area contributed by atoms with Crippen molar-refractivity contribution in [3.63, 3.8) is 0 Å². The lowest BCUT2D eigenvalue weighted by molar-refractivity contribution is -0.119. The second-order valence-electron chi connectivity index (χ2n) is 7.14. The first kappa shape index (κ1) is 19.3. The molecular formula is C22H18ClFN2O3. The quantitative estimate of drug-likeness (QED) is 0.823. The van der Waals surface area contributed by atoms with Crippen molar-refractivity contribution in [2.75, 3.05) is 4.90 Å². The molecule has 148 valence electrons. The topological polar surface area (TPSA) is 80.5 Å². The summed E-state index contributed by atoms with van der Waals surface area (Å²) in [5.41, 5.74) is 7.07. The number of hydrogen-bond acceptors (Lipinski definition) is 3. The maximum atomic E-state index is 14.6. The van der Waals surface area contributed by atoms with Crippen LogP contribution in [0.4, 0.5) is 10.1 Å². The fourth-order valence-corrected chi connectivity index (χ4v) is 4.53. The summed E-state index contributed by atoms with van der Waals surface area (Å²) in [7, 11) is 0. The molecule has 0 bridgehead atoms. The number of amides is 2. The molecule has 2 N–H and O–H groups in total. The molecule has 0 radical (unpaired) electrons. The molecule has 5 nitrogen and oxygen atoms in total. The number of ketones is 1. The number of anilines is 1. The summed E-state index contributed by atoms with van der Waals surface area (Å²) < 4.78 is 14.6. The third-order valence-electron chi connectivity index (χ3n) is 5.43. The summed E-state index contributed by atoms with van der Waals surface area (Å²) in [5.74, 6) is -2.44. The van der Waals surface area contributed by atoms with Gasteiger partial charge in [-0.25, -0.2) is 4.39 Å². The van der Waals surface area contributed by atoms with Gasteiger partial charge in [-0.15, -0.1) is 0 Å². The van der Waals surface area contributed by atoms with Crippen LogP contribution >= 0.6 is 11.6 Å². The monoisotopic (exact) mass is 412 g/mol. The standard InChI is InChI=1S/C22H18ClFN2O3/c23-14-6-3-7-15(24)20(14)13-11-19(28)26(17-9-4-10-18(27)21(13)17)16-8-2-1-5-12(16)22(25)29/h1-3,5-8,13H,4,9-11H2,(H2,25,29). The van der Waals surface area contributed by atoms with Gasteiger partial charge in [-0.2, -0.15) is 0 Å². The predicted molar refractivity (Wildman–Crippen MR) is 107 cm³/mol. The molecule has 1 aliphatic heterocycles. The molecule has 0 saturated carbocycles. The van der Waals surface area contributed by atoms with E-state index in [2.05, 4.69) is 0 Å². The van der Waals surface area contributed by atoms with Gasteiger partial charge in [0.15, 0.2) is 5.78 Å². The highest BCUT2D eigenvalue weighted by Gasteiger charge is 2.42. The van der Waals surface area contributed by atoms with E-state index in [-0.39, 0.29) is 34.3 Å². The molecule has 1 aliphatic carbocycles. The van der Waals surface area contributed by atoms with E-state index in [4.69, 9.17) is 17.3 Å². The first-order chi connectivity index (χ1) is 13.9. The zero-order chi connectivity index (χ0) is 20.7. The highest BCUT2D eigenvalue weighted by Crippen LogP contribution is 2.46. The first-order valence-electron chi connectivity index (χ1n) is 9.32. The molecule has 2 aromatic rings. The number of nitrogens with zero attached hydrogens (tertiary/aromatic N) is 1. The summed E-state index contributed by atoms with van der Waals surface area (Å²) in [6.07, 6.45) is 1.22. The lowest BCUT2D eigenvalue weighted by Gasteiger charge is -2.39. The molecule has 4 rings (SSSR count). The fourth-order valence-electron chi connectivity index (χ4n) is 4.24. The molecule has 1 heterocycles. The van der Waals surface area contributed by atoms with Crippen LogP contribution in [0.2, 0.25) is 5.02 Å². The summed E-state index contributed by atoms with van der Waals surface area (Å²) in [4.78, 5) is 39.4. The van der Waals surface area contributed by atoms with Crippen LogP contribution in [0, 0.1) is 5.82 Å². The lowest BCUT2D eigenvalue weighted by Crippen LogP contribution is -2.41. The summed E-state index contributed by atoms with van der Waals surface area (Å²) >= 11 is 6.25. The third kappa shape index (κ3) is 3.23. The first-order valence-corrected chi connectivity index (χ1v) is 9.70. The number of hydrogen-bond donors (Lipinski definition) is 1. The number of para-hydroxylation sites is 1. The van der Waals surface area contributed by atoms with Gasteiger partial charge >= 0.3 is 0 Å². The average molecular weight is 413 g/mol. The Kier molecular flexibility index (Phi) is 4.96. The van der Waals surface area contributed by atoms with Gasteiger partial charge in [0.2, 0.25) is 5.91 Å². The molecule has 2 aliphatic rings. The van der Waals surface area contributed by atoms with Gasteiger partial charge in [0, 0.05) is 40.6 Å². The number of nitrogens with two attached hydrogens (primary N) is 1. The smallest absolute Gasteiger partial charge is 0.250 e. The van der Waals surface area contributed by atoms with E-state index in [0.29, 0.717) is 36.2 Å². The molecule has 0 spiro atoms. The molecule has 1 unspecified atom stereocenters.